The van der Waals surface area contributed by atoms with Crippen LogP contribution >= 0.6 is 11.6 Å². The number of amides is 2. The predicted octanol–water partition coefficient (Wildman–Crippen LogP) is 1.73. The van der Waals surface area contributed by atoms with Gasteiger partial charge >= 0.3 is 0 Å². The Kier molecular flexibility index (Phi) is 5.64. The fourth-order valence-corrected chi connectivity index (χ4v) is 4.00. The number of halogens is 1. The maximum atomic E-state index is 12.9. The Morgan fingerprint density at radius 2 is 1.86 bits per heavy atom. The van der Waals surface area contributed by atoms with Crippen molar-refractivity contribution < 1.29 is 9.59 Å². The SMILES string of the molecule is O=C(C1CC(=O)N(c2ccc(Cl)cc2)C1)N1CCN(CCn2cccn2)CC1. The van der Waals surface area contributed by atoms with Gasteiger partial charge in [0, 0.05) is 68.8 Å². The molecule has 0 N–H and O–H groups in total. The monoisotopic (exact) mass is 401 g/mol. The second-order valence-corrected chi connectivity index (χ2v) is 7.75. The highest BCUT2D eigenvalue weighted by Gasteiger charge is 2.37. The summed E-state index contributed by atoms with van der Waals surface area (Å²) in [6.07, 6.45) is 4.02. The van der Waals surface area contributed by atoms with Gasteiger partial charge < -0.3 is 9.80 Å². The van der Waals surface area contributed by atoms with E-state index in [1.165, 1.54) is 0 Å². The zero-order chi connectivity index (χ0) is 19.5. The van der Waals surface area contributed by atoms with Crippen LogP contribution in [0.1, 0.15) is 6.42 Å². The molecule has 28 heavy (non-hydrogen) atoms. The number of hydrogen-bond donors (Lipinski definition) is 0. The third-order valence-corrected chi connectivity index (χ3v) is 5.75. The lowest BCUT2D eigenvalue weighted by molar-refractivity contribution is -0.137. The molecule has 0 aliphatic carbocycles. The zero-order valence-corrected chi connectivity index (χ0v) is 16.5. The minimum Gasteiger partial charge on any atom is -0.340 e. The standard InChI is InChI=1S/C20H24ClN5O2/c21-17-2-4-18(5-3-17)26-15-16(14-19(26)27)20(28)24-11-8-23(9-12-24)10-13-25-7-1-6-22-25/h1-7,16H,8-15H2. The zero-order valence-electron chi connectivity index (χ0n) is 15.7. The molecule has 4 rings (SSSR count). The van der Waals surface area contributed by atoms with Crippen LogP contribution in [0.2, 0.25) is 5.02 Å². The number of aromatic nitrogens is 2. The van der Waals surface area contributed by atoms with Gasteiger partial charge in [0.1, 0.15) is 0 Å². The van der Waals surface area contributed by atoms with Crippen molar-refractivity contribution in [1.29, 1.82) is 0 Å². The summed E-state index contributed by atoms with van der Waals surface area (Å²) in [6, 6.07) is 9.10. The molecule has 8 heteroatoms. The van der Waals surface area contributed by atoms with Gasteiger partial charge in [-0.1, -0.05) is 11.6 Å². The summed E-state index contributed by atoms with van der Waals surface area (Å²) >= 11 is 5.93. The average Bonchev–Trinajstić information content (AvgIpc) is 3.37. The molecule has 0 saturated carbocycles. The van der Waals surface area contributed by atoms with Crippen LogP contribution in [0.15, 0.2) is 42.7 Å². The average molecular weight is 402 g/mol. The smallest absolute Gasteiger partial charge is 0.228 e. The van der Waals surface area contributed by atoms with Crippen molar-refractivity contribution in [1.82, 2.24) is 19.6 Å². The number of piperazine rings is 1. The molecule has 1 unspecified atom stereocenters. The summed E-state index contributed by atoms with van der Waals surface area (Å²) < 4.78 is 1.92. The molecule has 2 aliphatic heterocycles. The third-order valence-electron chi connectivity index (χ3n) is 5.50. The lowest BCUT2D eigenvalue weighted by Crippen LogP contribution is -2.51. The van der Waals surface area contributed by atoms with Gasteiger partial charge in [-0.05, 0) is 30.3 Å². The van der Waals surface area contributed by atoms with Gasteiger partial charge in [0.2, 0.25) is 11.8 Å². The van der Waals surface area contributed by atoms with Gasteiger partial charge in [0.15, 0.2) is 0 Å². The lowest BCUT2D eigenvalue weighted by Gasteiger charge is -2.35. The molecule has 148 valence electrons. The van der Waals surface area contributed by atoms with Gasteiger partial charge in [0.25, 0.3) is 0 Å². The van der Waals surface area contributed by atoms with E-state index in [4.69, 9.17) is 11.6 Å². The van der Waals surface area contributed by atoms with Crippen LogP contribution in [0.4, 0.5) is 5.69 Å². The highest BCUT2D eigenvalue weighted by molar-refractivity contribution is 6.30. The van der Waals surface area contributed by atoms with Crippen molar-refractivity contribution in [2.75, 3.05) is 44.2 Å². The minimum atomic E-state index is -0.265. The van der Waals surface area contributed by atoms with E-state index in [0.29, 0.717) is 24.7 Å². The molecular weight excluding hydrogens is 378 g/mol. The molecule has 2 saturated heterocycles. The van der Waals surface area contributed by atoms with Crippen LogP contribution in [-0.2, 0) is 16.1 Å². The summed E-state index contributed by atoms with van der Waals surface area (Å²) in [7, 11) is 0. The van der Waals surface area contributed by atoms with Gasteiger partial charge in [-0.3, -0.25) is 19.2 Å². The van der Waals surface area contributed by atoms with Crippen molar-refractivity contribution in [3.63, 3.8) is 0 Å². The number of carbonyl (C=O) groups is 2. The normalized spacial score (nSPS) is 20.8. The predicted molar refractivity (Wildman–Crippen MR) is 107 cm³/mol. The summed E-state index contributed by atoms with van der Waals surface area (Å²) in [5, 5.41) is 4.85. The van der Waals surface area contributed by atoms with Crippen molar-refractivity contribution in [2.45, 2.75) is 13.0 Å². The highest BCUT2D eigenvalue weighted by atomic mass is 35.5. The van der Waals surface area contributed by atoms with Crippen LogP contribution < -0.4 is 4.90 Å². The quantitative estimate of drug-likeness (QED) is 0.765. The fourth-order valence-electron chi connectivity index (χ4n) is 3.87. The largest absolute Gasteiger partial charge is 0.340 e. The number of anilines is 1. The van der Waals surface area contributed by atoms with E-state index in [0.717, 1.165) is 31.9 Å². The minimum absolute atomic E-state index is 0.00136. The summed E-state index contributed by atoms with van der Waals surface area (Å²) in [5.74, 6) is -0.172. The van der Waals surface area contributed by atoms with Crippen molar-refractivity contribution in [3.05, 3.63) is 47.7 Å². The van der Waals surface area contributed by atoms with Crippen molar-refractivity contribution >= 4 is 29.1 Å². The molecule has 2 amide bonds. The molecule has 0 bridgehead atoms. The van der Waals surface area contributed by atoms with Crippen molar-refractivity contribution in [3.8, 4) is 0 Å². The number of benzene rings is 1. The van der Waals surface area contributed by atoms with E-state index < -0.39 is 0 Å². The molecule has 1 aromatic heterocycles. The Morgan fingerprint density at radius 3 is 2.54 bits per heavy atom. The Balaban J connectivity index is 1.28. The first-order valence-electron chi connectivity index (χ1n) is 9.64. The number of carbonyl (C=O) groups excluding carboxylic acids is 2. The van der Waals surface area contributed by atoms with Gasteiger partial charge in [-0.2, -0.15) is 5.10 Å². The Bertz CT molecular complexity index is 816. The van der Waals surface area contributed by atoms with Crippen molar-refractivity contribution in [2.24, 2.45) is 5.92 Å². The summed E-state index contributed by atoms with van der Waals surface area (Å²) in [6.45, 7) is 5.36. The fraction of sp³-hybridized carbons (Fsp3) is 0.450. The Morgan fingerprint density at radius 1 is 1.11 bits per heavy atom. The van der Waals surface area contributed by atoms with Crippen LogP contribution in [-0.4, -0.2) is 70.7 Å². The summed E-state index contributed by atoms with van der Waals surface area (Å²) in [5.41, 5.74) is 0.799. The first kappa shape index (κ1) is 19.0. The maximum absolute atomic E-state index is 12.9. The number of hydrogen-bond acceptors (Lipinski definition) is 4. The van der Waals surface area contributed by atoms with Crippen LogP contribution in [0.5, 0.6) is 0 Å². The van der Waals surface area contributed by atoms with E-state index >= 15 is 0 Å². The molecule has 7 nitrogen and oxygen atoms in total. The van der Waals surface area contributed by atoms with E-state index in [-0.39, 0.29) is 24.2 Å². The van der Waals surface area contributed by atoms with Crippen LogP contribution in [0.3, 0.4) is 0 Å². The van der Waals surface area contributed by atoms with Gasteiger partial charge in [-0.15, -0.1) is 0 Å². The molecule has 2 aliphatic rings. The van der Waals surface area contributed by atoms with Gasteiger partial charge in [0.05, 0.1) is 12.5 Å². The number of nitrogens with zero attached hydrogens (tertiary/aromatic N) is 5. The first-order chi connectivity index (χ1) is 13.6. The van der Waals surface area contributed by atoms with E-state index in [2.05, 4.69) is 10.00 Å². The maximum Gasteiger partial charge on any atom is 0.228 e. The molecule has 0 radical (unpaired) electrons. The Labute approximate surface area is 169 Å². The molecule has 1 atom stereocenters. The Hall–Kier alpha value is -2.38. The van der Waals surface area contributed by atoms with E-state index in [1.807, 2.05) is 34.0 Å². The topological polar surface area (TPSA) is 61.7 Å². The molecule has 2 aromatic rings. The van der Waals surface area contributed by atoms with Gasteiger partial charge in [-0.25, -0.2) is 0 Å². The lowest BCUT2D eigenvalue weighted by atomic mass is 10.1. The third kappa shape index (κ3) is 4.20. The highest BCUT2D eigenvalue weighted by Crippen LogP contribution is 2.27. The number of rotatable bonds is 5. The van der Waals surface area contributed by atoms with E-state index in [9.17, 15) is 9.59 Å². The second-order valence-electron chi connectivity index (χ2n) is 7.32. The molecule has 1 aromatic carbocycles. The van der Waals surface area contributed by atoms with Crippen LogP contribution in [0, 0.1) is 5.92 Å². The molecule has 0 spiro atoms. The second kappa shape index (κ2) is 8.32. The van der Waals surface area contributed by atoms with E-state index in [1.54, 1.807) is 23.2 Å². The first-order valence-corrected chi connectivity index (χ1v) is 10.0. The van der Waals surface area contributed by atoms with Crippen LogP contribution in [0.25, 0.3) is 0 Å². The molecular formula is C20H24ClN5O2. The molecule has 2 fully saturated rings. The summed E-state index contributed by atoms with van der Waals surface area (Å²) in [4.78, 5) is 31.3. The molecule has 3 heterocycles.